The molecule has 0 radical (unpaired) electrons. The number of halogens is 1. The molecule has 2 aromatic carbocycles. The van der Waals surface area contributed by atoms with Crippen LogP contribution in [-0.4, -0.2) is 30.1 Å². The summed E-state index contributed by atoms with van der Waals surface area (Å²) in [4.78, 5) is 19.2. The van der Waals surface area contributed by atoms with Crippen LogP contribution in [-0.2, 0) is 11.3 Å². The van der Waals surface area contributed by atoms with Crippen molar-refractivity contribution in [2.75, 3.05) is 13.2 Å². The van der Waals surface area contributed by atoms with Gasteiger partial charge in [-0.3, -0.25) is 4.79 Å². The summed E-state index contributed by atoms with van der Waals surface area (Å²) >= 11 is 1.58. The highest BCUT2D eigenvalue weighted by atomic mass is 32.1. The van der Waals surface area contributed by atoms with Gasteiger partial charge in [0.2, 0.25) is 5.91 Å². The quantitative estimate of drug-likeness (QED) is 0.286. The van der Waals surface area contributed by atoms with E-state index in [1.165, 1.54) is 6.07 Å². The summed E-state index contributed by atoms with van der Waals surface area (Å²) in [7, 11) is 0. The number of fused-ring (bicyclic) bond motifs is 1. The predicted octanol–water partition coefficient (Wildman–Crippen LogP) is 6.01. The lowest BCUT2D eigenvalue weighted by atomic mass is 9.83. The molecule has 1 aliphatic carbocycles. The van der Waals surface area contributed by atoms with Gasteiger partial charge in [0.1, 0.15) is 5.82 Å². The van der Waals surface area contributed by atoms with Crippen molar-refractivity contribution < 1.29 is 13.9 Å². The molecule has 2 atom stereocenters. The van der Waals surface area contributed by atoms with Gasteiger partial charge in [0.05, 0.1) is 34.9 Å². The fourth-order valence-electron chi connectivity index (χ4n) is 5.71. The van der Waals surface area contributed by atoms with Gasteiger partial charge >= 0.3 is 0 Å². The van der Waals surface area contributed by atoms with Crippen molar-refractivity contribution >= 4 is 28.1 Å². The van der Waals surface area contributed by atoms with Gasteiger partial charge in [0.15, 0.2) is 0 Å². The molecule has 1 saturated carbocycles. The van der Waals surface area contributed by atoms with Crippen molar-refractivity contribution in [2.45, 2.75) is 44.2 Å². The highest BCUT2D eigenvalue weighted by molar-refractivity contribution is 7.13. The molecule has 2 aliphatic rings. The van der Waals surface area contributed by atoms with Gasteiger partial charge in [-0.1, -0.05) is 30.3 Å². The van der Waals surface area contributed by atoms with Gasteiger partial charge in [-0.05, 0) is 78.9 Å². The zero-order chi connectivity index (χ0) is 25.4. The van der Waals surface area contributed by atoms with E-state index < -0.39 is 5.91 Å². The highest BCUT2D eigenvalue weighted by Crippen LogP contribution is 2.49. The smallest absolute Gasteiger partial charge is 0.249 e. The van der Waals surface area contributed by atoms with Crippen LogP contribution >= 0.6 is 11.3 Å². The van der Waals surface area contributed by atoms with Crippen LogP contribution < -0.4 is 11.1 Å². The van der Waals surface area contributed by atoms with E-state index in [0.717, 1.165) is 70.4 Å². The minimum absolute atomic E-state index is 0.0386. The Labute approximate surface area is 219 Å². The number of nitrogens with zero attached hydrogens (tertiary/aromatic N) is 1. The first kappa shape index (κ1) is 24.2. The van der Waals surface area contributed by atoms with Crippen molar-refractivity contribution in [3.8, 4) is 10.6 Å². The number of pyridine rings is 1. The molecule has 190 valence electrons. The van der Waals surface area contributed by atoms with E-state index in [-0.39, 0.29) is 18.3 Å². The minimum Gasteiger partial charge on any atom is -0.375 e. The topological polar surface area (TPSA) is 77.2 Å². The molecule has 1 aliphatic heterocycles. The Bertz CT molecular complexity index is 1430. The molecule has 0 bridgehead atoms. The van der Waals surface area contributed by atoms with Gasteiger partial charge in [-0.2, -0.15) is 0 Å². The van der Waals surface area contributed by atoms with Crippen molar-refractivity contribution in [1.82, 2.24) is 10.3 Å². The highest BCUT2D eigenvalue weighted by Gasteiger charge is 2.36. The number of hydrogen-bond acceptors (Lipinski definition) is 5. The number of benzene rings is 2. The minimum atomic E-state index is -0.496. The van der Waals surface area contributed by atoms with Crippen LogP contribution in [0, 0.1) is 11.7 Å². The van der Waals surface area contributed by atoms with Crippen LogP contribution in [0.2, 0.25) is 0 Å². The molecule has 3 heterocycles. The van der Waals surface area contributed by atoms with Gasteiger partial charge in [0.25, 0.3) is 0 Å². The number of nitrogens with two attached hydrogens (primary N) is 1. The van der Waals surface area contributed by atoms with Crippen LogP contribution in [0.25, 0.3) is 21.5 Å². The predicted molar refractivity (Wildman–Crippen MR) is 145 cm³/mol. The Balaban J connectivity index is 1.53. The number of aromatic nitrogens is 1. The van der Waals surface area contributed by atoms with Crippen LogP contribution in [0.4, 0.5) is 4.39 Å². The fourth-order valence-corrected chi connectivity index (χ4v) is 6.45. The van der Waals surface area contributed by atoms with Crippen molar-refractivity contribution in [1.29, 1.82) is 0 Å². The molecule has 0 spiro atoms. The maximum Gasteiger partial charge on any atom is 0.249 e. The van der Waals surface area contributed by atoms with E-state index in [1.807, 2.05) is 41.8 Å². The summed E-state index contributed by atoms with van der Waals surface area (Å²) in [6, 6.07) is 17.1. The zero-order valence-corrected chi connectivity index (χ0v) is 21.4. The monoisotopic (exact) mass is 515 g/mol. The van der Waals surface area contributed by atoms with Crippen LogP contribution in [0.15, 0.2) is 60.0 Å². The fraction of sp³-hybridized carbons (Fsp3) is 0.333. The molecule has 6 rings (SSSR count). The Morgan fingerprint density at radius 1 is 1.16 bits per heavy atom. The van der Waals surface area contributed by atoms with Crippen molar-refractivity contribution in [3.63, 3.8) is 0 Å². The van der Waals surface area contributed by atoms with E-state index in [2.05, 4.69) is 5.32 Å². The lowest BCUT2D eigenvalue weighted by Gasteiger charge is -2.23. The third-order valence-corrected chi connectivity index (χ3v) is 8.39. The second kappa shape index (κ2) is 10.3. The van der Waals surface area contributed by atoms with E-state index in [9.17, 15) is 9.18 Å². The Morgan fingerprint density at radius 2 is 2.03 bits per heavy atom. The van der Waals surface area contributed by atoms with Crippen LogP contribution in [0.3, 0.4) is 0 Å². The molecule has 0 unspecified atom stereocenters. The molecule has 4 aromatic rings. The number of amides is 1. The molecule has 1 saturated heterocycles. The van der Waals surface area contributed by atoms with Crippen LogP contribution in [0.5, 0.6) is 0 Å². The number of primary amides is 1. The average molecular weight is 516 g/mol. The maximum atomic E-state index is 14.3. The largest absolute Gasteiger partial charge is 0.375 e. The Hall–Kier alpha value is -3.13. The summed E-state index contributed by atoms with van der Waals surface area (Å²) in [5.74, 6) is -0.406. The molecular formula is C30H30FN3O2S. The number of nitrogens with one attached hydrogen (secondary N) is 1. The molecule has 3 N–H and O–H groups in total. The number of ether oxygens (including phenoxy) is 1. The first-order valence-electron chi connectivity index (χ1n) is 13.0. The summed E-state index contributed by atoms with van der Waals surface area (Å²) in [6.45, 7) is 1.81. The summed E-state index contributed by atoms with van der Waals surface area (Å²) in [5, 5.41) is 6.22. The lowest BCUT2D eigenvalue weighted by molar-refractivity contribution is 0.0960. The second-order valence-electron chi connectivity index (χ2n) is 10.1. The van der Waals surface area contributed by atoms with Crippen LogP contribution in [0.1, 0.15) is 58.6 Å². The molecule has 5 nitrogen and oxygen atoms in total. The van der Waals surface area contributed by atoms with Crippen molar-refractivity contribution in [3.05, 3.63) is 88.0 Å². The van der Waals surface area contributed by atoms with Gasteiger partial charge in [-0.15, -0.1) is 11.3 Å². The second-order valence-corrected chi connectivity index (χ2v) is 11.0. The molecule has 2 fully saturated rings. The molecule has 1 amide bonds. The van der Waals surface area contributed by atoms with E-state index in [0.29, 0.717) is 24.1 Å². The molecular weight excluding hydrogens is 485 g/mol. The first-order valence-corrected chi connectivity index (χ1v) is 13.8. The van der Waals surface area contributed by atoms with Gasteiger partial charge in [0, 0.05) is 22.9 Å². The Kier molecular flexibility index (Phi) is 6.76. The number of carbonyl (C=O) groups excluding carboxylic acids is 1. The van der Waals surface area contributed by atoms with E-state index in [4.69, 9.17) is 15.5 Å². The molecule has 7 heteroatoms. The maximum absolute atomic E-state index is 14.3. The average Bonchev–Trinajstić information content (AvgIpc) is 3.33. The third kappa shape index (κ3) is 4.91. The number of rotatable bonds is 9. The third-order valence-electron chi connectivity index (χ3n) is 7.51. The summed E-state index contributed by atoms with van der Waals surface area (Å²) in [6.07, 6.45) is 4.35. The van der Waals surface area contributed by atoms with Gasteiger partial charge < -0.3 is 15.8 Å². The van der Waals surface area contributed by atoms with E-state index >= 15 is 0 Å². The Morgan fingerprint density at radius 3 is 2.73 bits per heavy atom. The first-order chi connectivity index (χ1) is 18.1. The van der Waals surface area contributed by atoms with E-state index in [1.54, 1.807) is 23.5 Å². The van der Waals surface area contributed by atoms with Gasteiger partial charge in [-0.25, -0.2) is 9.37 Å². The summed E-state index contributed by atoms with van der Waals surface area (Å²) in [5.41, 5.74) is 10.7. The molecule has 2 aromatic heterocycles. The zero-order valence-electron chi connectivity index (χ0n) is 20.6. The van der Waals surface area contributed by atoms with Crippen molar-refractivity contribution in [2.24, 2.45) is 11.7 Å². The number of hydrogen-bond donors (Lipinski definition) is 2. The SMILES string of the molecule is NC(=O)c1c(COC[C@@H]2CCCN2)c(-c2cccs2)nc2cccc([C@H](c3cccc(F)c3)C3CC3)c12. The molecule has 37 heavy (non-hydrogen) atoms. The number of carbonyl (C=O) groups is 1. The summed E-state index contributed by atoms with van der Waals surface area (Å²) < 4.78 is 20.5. The lowest BCUT2D eigenvalue weighted by Crippen LogP contribution is -2.27. The normalized spacial score (nSPS) is 18.4. The standard InChI is InChI=1S/C30H30FN3O2S/c31-20-6-1-5-19(15-20)26(18-11-12-18)22-8-2-9-24-27(22)28(30(32)35)23(17-36-16-21-7-3-13-33-21)29(34-24)25-10-4-14-37-25/h1-2,4-6,8-10,14-15,18,21,26,33H,3,7,11-13,16-17H2,(H2,32,35)/t21-,26-/m0/s1. The number of thiophene rings is 1.